The maximum absolute atomic E-state index is 11.8. The zero-order chi connectivity index (χ0) is 15.1. The number of aromatic amines is 2. The smallest absolute Gasteiger partial charge is 0.326 e. The first-order valence-electron chi connectivity index (χ1n) is 7.50. The lowest BCUT2D eigenvalue weighted by atomic mass is 10.1. The van der Waals surface area contributed by atoms with Crippen molar-refractivity contribution in [2.24, 2.45) is 0 Å². The van der Waals surface area contributed by atoms with Gasteiger partial charge in [-0.25, -0.2) is 4.79 Å². The lowest BCUT2D eigenvalue weighted by molar-refractivity contribution is 0.0948. The fraction of sp³-hybridized carbons (Fsp3) is 0.643. The van der Waals surface area contributed by atoms with Gasteiger partial charge in [-0.1, -0.05) is 25.7 Å². The Morgan fingerprint density at radius 1 is 1.10 bits per heavy atom. The van der Waals surface area contributed by atoms with Crippen molar-refractivity contribution in [1.82, 2.24) is 20.6 Å². The van der Waals surface area contributed by atoms with Gasteiger partial charge in [-0.3, -0.25) is 14.6 Å². The van der Waals surface area contributed by atoms with Gasteiger partial charge >= 0.3 is 5.69 Å². The fourth-order valence-corrected chi connectivity index (χ4v) is 2.62. The van der Waals surface area contributed by atoms with E-state index >= 15 is 0 Å². The highest BCUT2D eigenvalue weighted by Crippen LogP contribution is 2.16. The third kappa shape index (κ3) is 5.18. The summed E-state index contributed by atoms with van der Waals surface area (Å²) in [6, 6.07) is 1.61. The van der Waals surface area contributed by atoms with E-state index in [1.54, 1.807) is 0 Å². The summed E-state index contributed by atoms with van der Waals surface area (Å²) in [5, 5.41) is 6.12. The average Bonchev–Trinajstić information content (AvgIpc) is 2.71. The Labute approximate surface area is 122 Å². The van der Waals surface area contributed by atoms with Gasteiger partial charge in [-0.15, -0.1) is 0 Å². The molecule has 1 aliphatic rings. The van der Waals surface area contributed by atoms with E-state index in [0.29, 0.717) is 19.1 Å². The Kier molecular flexibility index (Phi) is 5.74. The monoisotopic (exact) mass is 294 g/mol. The molecule has 116 valence electrons. The molecule has 0 aliphatic heterocycles. The molecule has 0 radical (unpaired) electrons. The van der Waals surface area contributed by atoms with Crippen molar-refractivity contribution in [1.29, 1.82) is 0 Å². The van der Waals surface area contributed by atoms with Gasteiger partial charge in [-0.05, 0) is 12.8 Å². The van der Waals surface area contributed by atoms with Crippen molar-refractivity contribution in [2.45, 2.75) is 44.6 Å². The highest BCUT2D eigenvalue weighted by molar-refractivity contribution is 5.91. The van der Waals surface area contributed by atoms with Crippen molar-refractivity contribution in [2.75, 3.05) is 13.1 Å². The molecule has 0 saturated heterocycles. The number of carbonyl (C=O) groups excluding carboxylic acids is 1. The molecular formula is C14H22N4O3. The Hall–Kier alpha value is -1.89. The largest absolute Gasteiger partial charge is 0.349 e. The molecule has 7 heteroatoms. The van der Waals surface area contributed by atoms with Crippen LogP contribution in [0.25, 0.3) is 0 Å². The first-order valence-corrected chi connectivity index (χ1v) is 7.50. The molecule has 0 unspecified atom stereocenters. The zero-order valence-corrected chi connectivity index (χ0v) is 12.0. The topological polar surface area (TPSA) is 107 Å². The molecule has 0 atom stereocenters. The molecule has 0 spiro atoms. The molecule has 2 rings (SSSR count). The number of amides is 1. The van der Waals surface area contributed by atoms with Crippen molar-refractivity contribution < 1.29 is 4.79 Å². The first-order chi connectivity index (χ1) is 10.1. The molecule has 1 aliphatic carbocycles. The van der Waals surface area contributed by atoms with Gasteiger partial charge in [0.1, 0.15) is 5.69 Å². The highest BCUT2D eigenvalue weighted by atomic mass is 16.2. The number of rotatable bonds is 5. The average molecular weight is 294 g/mol. The molecule has 4 N–H and O–H groups in total. The standard InChI is InChI=1S/C14H22N4O3/c19-12-9-11(17-14(21)18-12)13(20)16-8-7-15-10-5-3-1-2-4-6-10/h9-10,15H,1-8H2,(H,16,20)(H2,17,18,19,21). The summed E-state index contributed by atoms with van der Waals surface area (Å²) in [7, 11) is 0. The van der Waals surface area contributed by atoms with Crippen molar-refractivity contribution >= 4 is 5.91 Å². The van der Waals surface area contributed by atoms with Crippen molar-refractivity contribution in [3.05, 3.63) is 32.6 Å². The summed E-state index contributed by atoms with van der Waals surface area (Å²) in [6.07, 6.45) is 7.52. The van der Waals surface area contributed by atoms with Gasteiger partial charge < -0.3 is 15.6 Å². The Bertz CT molecular complexity index is 542. The molecular weight excluding hydrogens is 272 g/mol. The summed E-state index contributed by atoms with van der Waals surface area (Å²) >= 11 is 0. The Morgan fingerprint density at radius 3 is 2.48 bits per heavy atom. The molecule has 1 saturated carbocycles. The predicted octanol–water partition coefficient (Wildman–Crippen LogP) is 0.105. The van der Waals surface area contributed by atoms with E-state index in [2.05, 4.69) is 15.6 Å². The van der Waals surface area contributed by atoms with E-state index < -0.39 is 17.2 Å². The van der Waals surface area contributed by atoms with Crippen LogP contribution in [-0.2, 0) is 0 Å². The summed E-state index contributed by atoms with van der Waals surface area (Å²) < 4.78 is 0. The number of carbonyl (C=O) groups is 1. The summed E-state index contributed by atoms with van der Waals surface area (Å²) in [5.74, 6) is -0.444. The molecule has 21 heavy (non-hydrogen) atoms. The van der Waals surface area contributed by atoms with Crippen molar-refractivity contribution in [3.8, 4) is 0 Å². The molecule has 1 fully saturated rings. The zero-order valence-electron chi connectivity index (χ0n) is 12.0. The van der Waals surface area contributed by atoms with Gasteiger partial charge in [0, 0.05) is 25.2 Å². The second-order valence-electron chi connectivity index (χ2n) is 5.40. The molecule has 1 heterocycles. The minimum Gasteiger partial charge on any atom is -0.349 e. The maximum Gasteiger partial charge on any atom is 0.326 e. The summed E-state index contributed by atoms with van der Waals surface area (Å²) in [6.45, 7) is 1.15. The number of hydrogen-bond acceptors (Lipinski definition) is 4. The van der Waals surface area contributed by atoms with Gasteiger partial charge in [0.15, 0.2) is 0 Å². The van der Waals surface area contributed by atoms with Crippen LogP contribution in [0, 0.1) is 0 Å². The maximum atomic E-state index is 11.8. The number of nitrogens with one attached hydrogen (secondary N) is 4. The lowest BCUT2D eigenvalue weighted by Crippen LogP contribution is -2.38. The minimum absolute atomic E-state index is 0.0155. The van der Waals surface area contributed by atoms with Gasteiger partial charge in [0.05, 0.1) is 0 Å². The van der Waals surface area contributed by atoms with Gasteiger partial charge in [0.25, 0.3) is 11.5 Å². The Morgan fingerprint density at radius 2 is 1.81 bits per heavy atom. The van der Waals surface area contributed by atoms with E-state index in [9.17, 15) is 14.4 Å². The van der Waals surface area contributed by atoms with Crippen molar-refractivity contribution in [3.63, 3.8) is 0 Å². The molecule has 1 amide bonds. The molecule has 1 aromatic rings. The lowest BCUT2D eigenvalue weighted by Gasteiger charge is -2.16. The van der Waals surface area contributed by atoms with Gasteiger partial charge in [-0.2, -0.15) is 0 Å². The SMILES string of the molecule is O=C(NCCNC1CCCCCC1)c1cc(=O)[nH]c(=O)[nH]1. The second kappa shape index (κ2) is 7.78. The van der Waals surface area contributed by atoms with E-state index in [4.69, 9.17) is 0 Å². The normalized spacial score (nSPS) is 16.4. The van der Waals surface area contributed by atoms with E-state index in [-0.39, 0.29) is 5.69 Å². The second-order valence-corrected chi connectivity index (χ2v) is 5.40. The third-order valence-corrected chi connectivity index (χ3v) is 3.70. The van der Waals surface area contributed by atoms with Gasteiger partial charge in [0.2, 0.25) is 0 Å². The summed E-state index contributed by atoms with van der Waals surface area (Å²) in [5.41, 5.74) is -1.28. The molecule has 0 bridgehead atoms. The van der Waals surface area contributed by atoms with Crippen LogP contribution < -0.4 is 21.9 Å². The van der Waals surface area contributed by atoms with Crippen LogP contribution in [0.1, 0.15) is 49.0 Å². The quantitative estimate of drug-likeness (QED) is 0.456. The summed E-state index contributed by atoms with van der Waals surface area (Å²) in [4.78, 5) is 38.3. The van der Waals surface area contributed by atoms with Crippen LogP contribution >= 0.6 is 0 Å². The molecule has 1 aromatic heterocycles. The van der Waals surface area contributed by atoms with Crippen LogP contribution in [0.2, 0.25) is 0 Å². The highest BCUT2D eigenvalue weighted by Gasteiger charge is 2.11. The van der Waals surface area contributed by atoms with E-state index in [1.807, 2.05) is 4.98 Å². The van der Waals surface area contributed by atoms with Crippen LogP contribution in [0.4, 0.5) is 0 Å². The number of H-pyrrole nitrogens is 2. The van der Waals surface area contributed by atoms with Crippen LogP contribution in [-0.4, -0.2) is 35.0 Å². The minimum atomic E-state index is -0.677. The van der Waals surface area contributed by atoms with E-state index in [1.165, 1.54) is 38.5 Å². The number of aromatic nitrogens is 2. The van der Waals surface area contributed by atoms with Crippen LogP contribution in [0.3, 0.4) is 0 Å². The predicted molar refractivity (Wildman–Crippen MR) is 79.5 cm³/mol. The molecule has 7 nitrogen and oxygen atoms in total. The van der Waals surface area contributed by atoms with Crippen LogP contribution in [0.15, 0.2) is 15.7 Å². The first kappa shape index (κ1) is 15.5. The Balaban J connectivity index is 1.73. The molecule has 0 aromatic carbocycles. The number of hydrogen-bond donors (Lipinski definition) is 4. The van der Waals surface area contributed by atoms with E-state index in [0.717, 1.165) is 6.07 Å². The third-order valence-electron chi connectivity index (χ3n) is 3.70. The fourth-order valence-electron chi connectivity index (χ4n) is 2.62. The van der Waals surface area contributed by atoms with Crippen LogP contribution in [0.5, 0.6) is 0 Å².